The van der Waals surface area contributed by atoms with E-state index in [0.29, 0.717) is 17.5 Å². The van der Waals surface area contributed by atoms with Crippen molar-refractivity contribution < 1.29 is 14.1 Å². The number of amides is 1. The minimum Gasteiger partial charge on any atom is -0.488 e. The van der Waals surface area contributed by atoms with Crippen LogP contribution in [0.5, 0.6) is 5.75 Å². The van der Waals surface area contributed by atoms with Gasteiger partial charge in [-0.05, 0) is 57.4 Å². The van der Waals surface area contributed by atoms with E-state index in [9.17, 15) is 4.79 Å². The van der Waals surface area contributed by atoms with Gasteiger partial charge in [0, 0.05) is 25.7 Å². The summed E-state index contributed by atoms with van der Waals surface area (Å²) in [7, 11) is 0. The van der Waals surface area contributed by atoms with Crippen LogP contribution in [0, 0.1) is 20.8 Å². The molecular formula is C21H27N3O3. The minimum atomic E-state index is -0.0436. The molecule has 3 heterocycles. The molecule has 27 heavy (non-hydrogen) atoms. The van der Waals surface area contributed by atoms with E-state index in [-0.39, 0.29) is 12.5 Å². The fourth-order valence-electron chi connectivity index (χ4n) is 4.08. The summed E-state index contributed by atoms with van der Waals surface area (Å²) < 4.78 is 11.4. The fourth-order valence-corrected chi connectivity index (χ4v) is 4.08. The first kappa shape index (κ1) is 18.0. The Hall–Kier alpha value is -2.34. The molecule has 0 aliphatic carbocycles. The van der Waals surface area contributed by atoms with Crippen molar-refractivity contribution in [2.24, 2.45) is 0 Å². The van der Waals surface area contributed by atoms with Crippen LogP contribution in [0.1, 0.15) is 45.8 Å². The highest BCUT2D eigenvalue weighted by Gasteiger charge is 2.34. The van der Waals surface area contributed by atoms with E-state index in [1.165, 1.54) is 18.4 Å². The molecule has 1 atom stereocenters. The number of nitrogens with zero attached hydrogens (tertiary/aromatic N) is 3. The lowest BCUT2D eigenvalue weighted by Gasteiger charge is -2.37. The quantitative estimate of drug-likeness (QED) is 0.829. The van der Waals surface area contributed by atoms with E-state index in [1.54, 1.807) is 0 Å². The lowest BCUT2D eigenvalue weighted by molar-refractivity contribution is 0.0559. The van der Waals surface area contributed by atoms with Gasteiger partial charge in [-0.15, -0.1) is 0 Å². The first-order valence-corrected chi connectivity index (χ1v) is 9.72. The molecule has 2 aliphatic heterocycles. The highest BCUT2D eigenvalue weighted by atomic mass is 16.5. The molecule has 0 spiro atoms. The smallest absolute Gasteiger partial charge is 0.276 e. The number of ether oxygens (including phenoxy) is 1. The van der Waals surface area contributed by atoms with Crippen LogP contribution in [0.25, 0.3) is 0 Å². The van der Waals surface area contributed by atoms with Crippen molar-refractivity contribution in [1.82, 2.24) is 15.0 Å². The Morgan fingerprint density at radius 2 is 2.11 bits per heavy atom. The second kappa shape index (κ2) is 7.35. The van der Waals surface area contributed by atoms with Crippen LogP contribution in [-0.4, -0.2) is 53.1 Å². The Morgan fingerprint density at radius 3 is 2.96 bits per heavy atom. The molecule has 1 aromatic heterocycles. The van der Waals surface area contributed by atoms with Crippen LogP contribution in [0.3, 0.4) is 0 Å². The molecule has 1 aromatic carbocycles. The van der Waals surface area contributed by atoms with E-state index in [4.69, 9.17) is 9.26 Å². The van der Waals surface area contributed by atoms with Crippen LogP contribution < -0.4 is 4.74 Å². The van der Waals surface area contributed by atoms with E-state index < -0.39 is 0 Å². The predicted octanol–water partition coefficient (Wildman–Crippen LogP) is 3.10. The molecule has 2 aliphatic rings. The summed E-state index contributed by atoms with van der Waals surface area (Å²) in [4.78, 5) is 17.5. The Kier molecular flexibility index (Phi) is 4.91. The number of rotatable bonds is 4. The zero-order chi connectivity index (χ0) is 19.0. The normalized spacial score (nSPS) is 20.0. The van der Waals surface area contributed by atoms with Gasteiger partial charge in [-0.2, -0.15) is 0 Å². The van der Waals surface area contributed by atoms with Gasteiger partial charge in [0.2, 0.25) is 0 Å². The van der Waals surface area contributed by atoms with Gasteiger partial charge < -0.3 is 14.2 Å². The lowest BCUT2D eigenvalue weighted by atomic mass is 10.1. The van der Waals surface area contributed by atoms with Crippen molar-refractivity contribution in [2.45, 2.75) is 46.3 Å². The molecule has 0 saturated carbocycles. The number of benzene rings is 1. The maximum atomic E-state index is 13.1. The molecule has 0 radical (unpaired) electrons. The third-order valence-electron chi connectivity index (χ3n) is 5.99. The average molecular weight is 369 g/mol. The SMILES string of the molecule is Cc1cccc(OCc2c(C(=O)N3CCN4CCCC4C3)noc2C)c1C. The number of hydrogen-bond donors (Lipinski definition) is 0. The number of carbonyl (C=O) groups is 1. The van der Waals surface area contributed by atoms with Crippen LogP contribution in [0.4, 0.5) is 0 Å². The van der Waals surface area contributed by atoms with Gasteiger partial charge in [0.25, 0.3) is 5.91 Å². The highest BCUT2D eigenvalue weighted by Crippen LogP contribution is 2.26. The second-order valence-electron chi connectivity index (χ2n) is 7.64. The molecular weight excluding hydrogens is 342 g/mol. The number of fused-ring (bicyclic) bond motifs is 1. The molecule has 0 bridgehead atoms. The van der Waals surface area contributed by atoms with Gasteiger partial charge in [0.05, 0.1) is 5.56 Å². The number of aromatic nitrogens is 1. The van der Waals surface area contributed by atoms with Crippen LogP contribution in [-0.2, 0) is 6.61 Å². The predicted molar refractivity (Wildman–Crippen MR) is 102 cm³/mol. The molecule has 144 valence electrons. The lowest BCUT2D eigenvalue weighted by Crippen LogP contribution is -2.52. The maximum absolute atomic E-state index is 13.1. The first-order chi connectivity index (χ1) is 13.0. The van der Waals surface area contributed by atoms with Gasteiger partial charge in [0.1, 0.15) is 18.1 Å². The van der Waals surface area contributed by atoms with Crippen LogP contribution in [0.15, 0.2) is 22.7 Å². The minimum absolute atomic E-state index is 0.0436. The topological polar surface area (TPSA) is 58.8 Å². The molecule has 1 amide bonds. The number of carbonyl (C=O) groups excluding carboxylic acids is 1. The monoisotopic (exact) mass is 369 g/mol. The molecule has 6 nitrogen and oxygen atoms in total. The Bertz CT molecular complexity index is 845. The van der Waals surface area contributed by atoms with Crippen molar-refractivity contribution in [3.8, 4) is 5.75 Å². The Morgan fingerprint density at radius 1 is 1.26 bits per heavy atom. The van der Waals surface area contributed by atoms with Gasteiger partial charge in [-0.1, -0.05) is 17.3 Å². The zero-order valence-electron chi connectivity index (χ0n) is 16.3. The van der Waals surface area contributed by atoms with E-state index in [1.807, 2.05) is 30.9 Å². The van der Waals surface area contributed by atoms with Crippen LogP contribution >= 0.6 is 0 Å². The molecule has 2 saturated heterocycles. The highest BCUT2D eigenvalue weighted by molar-refractivity contribution is 5.94. The van der Waals surface area contributed by atoms with Gasteiger partial charge in [-0.25, -0.2) is 0 Å². The maximum Gasteiger partial charge on any atom is 0.276 e. The molecule has 6 heteroatoms. The Labute approximate surface area is 160 Å². The van der Waals surface area contributed by atoms with E-state index >= 15 is 0 Å². The summed E-state index contributed by atoms with van der Waals surface area (Å²) in [6.45, 7) is 9.85. The van der Waals surface area contributed by atoms with Crippen molar-refractivity contribution >= 4 is 5.91 Å². The molecule has 2 aromatic rings. The summed E-state index contributed by atoms with van der Waals surface area (Å²) >= 11 is 0. The zero-order valence-corrected chi connectivity index (χ0v) is 16.3. The van der Waals surface area contributed by atoms with E-state index in [0.717, 1.165) is 43.1 Å². The number of hydrogen-bond acceptors (Lipinski definition) is 5. The summed E-state index contributed by atoms with van der Waals surface area (Å²) in [6.07, 6.45) is 2.40. The first-order valence-electron chi connectivity index (χ1n) is 9.72. The number of piperazine rings is 1. The fraction of sp³-hybridized carbons (Fsp3) is 0.524. The van der Waals surface area contributed by atoms with Gasteiger partial charge >= 0.3 is 0 Å². The van der Waals surface area contributed by atoms with Crippen molar-refractivity contribution in [1.29, 1.82) is 0 Å². The summed E-state index contributed by atoms with van der Waals surface area (Å²) in [5.74, 6) is 1.43. The van der Waals surface area contributed by atoms with Gasteiger partial charge in [0.15, 0.2) is 5.69 Å². The second-order valence-corrected chi connectivity index (χ2v) is 7.64. The largest absolute Gasteiger partial charge is 0.488 e. The summed E-state index contributed by atoms with van der Waals surface area (Å²) in [5.41, 5.74) is 3.43. The number of aryl methyl sites for hydroxylation is 2. The summed E-state index contributed by atoms with van der Waals surface area (Å²) in [6, 6.07) is 6.48. The average Bonchev–Trinajstić information content (AvgIpc) is 3.28. The molecule has 0 N–H and O–H groups in total. The van der Waals surface area contributed by atoms with Gasteiger partial charge in [-0.3, -0.25) is 9.69 Å². The third-order valence-corrected chi connectivity index (χ3v) is 5.99. The van der Waals surface area contributed by atoms with Crippen molar-refractivity contribution in [3.63, 3.8) is 0 Å². The van der Waals surface area contributed by atoms with Crippen LogP contribution in [0.2, 0.25) is 0 Å². The van der Waals surface area contributed by atoms with Crippen molar-refractivity contribution in [2.75, 3.05) is 26.2 Å². The molecule has 4 rings (SSSR count). The van der Waals surface area contributed by atoms with Crippen molar-refractivity contribution in [3.05, 3.63) is 46.3 Å². The Balaban J connectivity index is 1.49. The molecule has 1 unspecified atom stereocenters. The summed E-state index contributed by atoms with van der Waals surface area (Å²) in [5, 5.41) is 4.07. The molecule has 2 fully saturated rings. The standard InChI is InChI=1S/C21H27N3O3/c1-14-6-4-8-19(15(14)2)26-13-18-16(3)27-22-20(18)21(25)24-11-10-23-9-5-7-17(23)12-24/h4,6,8,17H,5,7,9-13H2,1-3H3. The third kappa shape index (κ3) is 3.46. The van der Waals surface area contributed by atoms with E-state index in [2.05, 4.69) is 23.0 Å².